The Morgan fingerprint density at radius 3 is 2.27 bits per heavy atom. The third-order valence-corrected chi connectivity index (χ3v) is 4.58. The summed E-state index contributed by atoms with van der Waals surface area (Å²) in [5.74, 6) is 1.37. The van der Waals surface area contributed by atoms with E-state index in [4.69, 9.17) is 4.74 Å². The van der Waals surface area contributed by atoms with Crippen LogP contribution >= 0.6 is 0 Å². The topological polar surface area (TPSA) is 26.3 Å². The standard InChI is InChI=1S/C20H36O2/c1-7-16(4)11-10-12-19(8-2)14-13-17(5)18(6)15-20(21)22-9-3/h13,15-16,19H,7-12,14H2,1-6H3/b17-13+,18-15+. The molecular formula is C20H36O2. The Balaban J connectivity index is 4.35. The van der Waals surface area contributed by atoms with Crippen LogP contribution in [0, 0.1) is 11.8 Å². The largest absolute Gasteiger partial charge is 0.463 e. The second-order valence-corrected chi connectivity index (χ2v) is 6.42. The van der Waals surface area contributed by atoms with Gasteiger partial charge in [0.2, 0.25) is 0 Å². The van der Waals surface area contributed by atoms with Gasteiger partial charge in [-0.3, -0.25) is 0 Å². The van der Waals surface area contributed by atoms with E-state index in [0.29, 0.717) is 6.61 Å². The molecule has 0 N–H and O–H groups in total. The molecule has 0 radical (unpaired) electrons. The first-order chi connectivity index (χ1) is 10.4. The van der Waals surface area contributed by atoms with Gasteiger partial charge in [-0.1, -0.05) is 64.5 Å². The van der Waals surface area contributed by atoms with Crippen LogP contribution in [0.5, 0.6) is 0 Å². The van der Waals surface area contributed by atoms with Gasteiger partial charge in [0.15, 0.2) is 0 Å². The number of allylic oxidation sites excluding steroid dienone is 3. The van der Waals surface area contributed by atoms with E-state index in [9.17, 15) is 4.79 Å². The van der Waals surface area contributed by atoms with Crippen LogP contribution in [-0.4, -0.2) is 12.6 Å². The molecule has 128 valence electrons. The zero-order valence-corrected chi connectivity index (χ0v) is 15.6. The van der Waals surface area contributed by atoms with Crippen LogP contribution in [0.15, 0.2) is 23.3 Å². The fourth-order valence-corrected chi connectivity index (χ4v) is 2.43. The van der Waals surface area contributed by atoms with E-state index in [1.807, 2.05) is 13.8 Å². The Morgan fingerprint density at radius 1 is 1.05 bits per heavy atom. The maximum Gasteiger partial charge on any atom is 0.331 e. The van der Waals surface area contributed by atoms with E-state index in [2.05, 4.69) is 33.8 Å². The molecule has 0 saturated carbocycles. The second kappa shape index (κ2) is 12.5. The van der Waals surface area contributed by atoms with E-state index >= 15 is 0 Å². The summed E-state index contributed by atoms with van der Waals surface area (Å²) in [6, 6.07) is 0. The molecule has 0 amide bonds. The summed E-state index contributed by atoms with van der Waals surface area (Å²) in [6.45, 7) is 13.2. The second-order valence-electron chi connectivity index (χ2n) is 6.42. The molecule has 0 aliphatic heterocycles. The molecule has 0 bridgehead atoms. The van der Waals surface area contributed by atoms with Gasteiger partial charge in [-0.05, 0) is 44.6 Å². The van der Waals surface area contributed by atoms with Gasteiger partial charge in [-0.25, -0.2) is 4.79 Å². The zero-order chi connectivity index (χ0) is 17.0. The normalized spacial score (nSPS) is 15.5. The van der Waals surface area contributed by atoms with Crippen molar-refractivity contribution in [1.29, 1.82) is 0 Å². The van der Waals surface area contributed by atoms with E-state index < -0.39 is 0 Å². The molecule has 2 unspecified atom stereocenters. The van der Waals surface area contributed by atoms with Crippen LogP contribution < -0.4 is 0 Å². The molecule has 0 aromatic carbocycles. The number of esters is 1. The number of carbonyl (C=O) groups is 1. The van der Waals surface area contributed by atoms with Gasteiger partial charge in [0, 0.05) is 6.08 Å². The van der Waals surface area contributed by atoms with E-state index in [1.165, 1.54) is 37.7 Å². The lowest BCUT2D eigenvalue weighted by atomic mass is 9.91. The third kappa shape index (κ3) is 9.81. The number of ether oxygens (including phenoxy) is 1. The van der Waals surface area contributed by atoms with Gasteiger partial charge in [-0.2, -0.15) is 0 Å². The van der Waals surface area contributed by atoms with E-state index in [1.54, 1.807) is 6.08 Å². The van der Waals surface area contributed by atoms with Crippen molar-refractivity contribution in [3.8, 4) is 0 Å². The van der Waals surface area contributed by atoms with Crippen LogP contribution in [0.2, 0.25) is 0 Å². The van der Waals surface area contributed by atoms with Gasteiger partial charge in [0.1, 0.15) is 0 Å². The minimum atomic E-state index is -0.242. The van der Waals surface area contributed by atoms with Crippen molar-refractivity contribution in [3.05, 3.63) is 23.3 Å². The molecule has 0 aliphatic carbocycles. The molecule has 0 saturated heterocycles. The van der Waals surface area contributed by atoms with Crippen LogP contribution in [0.25, 0.3) is 0 Å². The molecule has 2 atom stereocenters. The molecule has 0 aliphatic rings. The van der Waals surface area contributed by atoms with Crippen LogP contribution in [-0.2, 0) is 9.53 Å². The molecule has 0 aromatic heterocycles. The summed E-state index contributed by atoms with van der Waals surface area (Å²) >= 11 is 0. The SMILES string of the molecule is CCOC(=O)/C=C(C)/C(C)=C/CC(CC)CCCC(C)CC. The molecule has 22 heavy (non-hydrogen) atoms. The Labute approximate surface area is 138 Å². The summed E-state index contributed by atoms with van der Waals surface area (Å²) in [7, 11) is 0. The summed E-state index contributed by atoms with van der Waals surface area (Å²) in [5, 5.41) is 0. The minimum Gasteiger partial charge on any atom is -0.463 e. The summed E-state index contributed by atoms with van der Waals surface area (Å²) in [6.07, 6.45) is 11.5. The number of hydrogen-bond donors (Lipinski definition) is 0. The van der Waals surface area contributed by atoms with Crippen molar-refractivity contribution in [2.75, 3.05) is 6.61 Å². The minimum absolute atomic E-state index is 0.242. The van der Waals surface area contributed by atoms with Gasteiger partial charge in [0.25, 0.3) is 0 Å². The summed E-state index contributed by atoms with van der Waals surface area (Å²) in [4.78, 5) is 11.5. The monoisotopic (exact) mass is 308 g/mol. The highest BCUT2D eigenvalue weighted by atomic mass is 16.5. The fraction of sp³-hybridized carbons (Fsp3) is 0.750. The average Bonchev–Trinajstić information content (AvgIpc) is 2.49. The molecular weight excluding hydrogens is 272 g/mol. The Morgan fingerprint density at radius 2 is 1.73 bits per heavy atom. The third-order valence-electron chi connectivity index (χ3n) is 4.58. The van der Waals surface area contributed by atoms with Gasteiger partial charge < -0.3 is 4.74 Å². The Hall–Kier alpha value is -1.05. The molecule has 2 nitrogen and oxygen atoms in total. The lowest BCUT2D eigenvalue weighted by molar-refractivity contribution is -0.137. The molecule has 2 heteroatoms. The summed E-state index contributed by atoms with van der Waals surface area (Å²) in [5.41, 5.74) is 2.20. The van der Waals surface area contributed by atoms with Gasteiger partial charge >= 0.3 is 5.97 Å². The summed E-state index contributed by atoms with van der Waals surface area (Å²) < 4.78 is 4.95. The van der Waals surface area contributed by atoms with Crippen LogP contribution in [0.1, 0.15) is 80.1 Å². The Kier molecular flexibility index (Phi) is 11.9. The van der Waals surface area contributed by atoms with Crippen molar-refractivity contribution < 1.29 is 9.53 Å². The fourth-order valence-electron chi connectivity index (χ4n) is 2.43. The highest BCUT2D eigenvalue weighted by molar-refractivity contribution is 5.83. The average molecular weight is 309 g/mol. The smallest absolute Gasteiger partial charge is 0.331 e. The first-order valence-electron chi connectivity index (χ1n) is 8.96. The van der Waals surface area contributed by atoms with Crippen molar-refractivity contribution >= 4 is 5.97 Å². The van der Waals surface area contributed by atoms with Crippen molar-refractivity contribution in [3.63, 3.8) is 0 Å². The number of rotatable bonds is 11. The molecule has 0 rings (SSSR count). The predicted octanol–water partition coefficient (Wildman–Crippen LogP) is 6.07. The molecule has 0 aromatic rings. The lowest BCUT2D eigenvalue weighted by Crippen LogP contribution is -2.02. The van der Waals surface area contributed by atoms with Gasteiger partial charge in [0.05, 0.1) is 6.61 Å². The van der Waals surface area contributed by atoms with E-state index in [0.717, 1.165) is 23.8 Å². The molecule has 0 spiro atoms. The zero-order valence-electron chi connectivity index (χ0n) is 15.6. The number of carbonyl (C=O) groups excluding carboxylic acids is 1. The predicted molar refractivity (Wildman–Crippen MR) is 95.9 cm³/mol. The quantitative estimate of drug-likeness (QED) is 0.263. The van der Waals surface area contributed by atoms with Crippen molar-refractivity contribution in [2.45, 2.75) is 80.1 Å². The molecule has 0 heterocycles. The highest BCUT2D eigenvalue weighted by Gasteiger charge is 2.07. The maximum absolute atomic E-state index is 11.5. The number of hydrogen-bond acceptors (Lipinski definition) is 2. The highest BCUT2D eigenvalue weighted by Crippen LogP contribution is 2.22. The van der Waals surface area contributed by atoms with Crippen LogP contribution in [0.3, 0.4) is 0 Å². The lowest BCUT2D eigenvalue weighted by Gasteiger charge is -2.15. The van der Waals surface area contributed by atoms with Gasteiger partial charge in [-0.15, -0.1) is 0 Å². The van der Waals surface area contributed by atoms with Crippen LogP contribution in [0.4, 0.5) is 0 Å². The Bertz CT molecular complexity index is 366. The maximum atomic E-state index is 11.5. The first-order valence-corrected chi connectivity index (χ1v) is 8.96. The molecule has 0 fully saturated rings. The first kappa shape index (κ1) is 20.9. The van der Waals surface area contributed by atoms with Crippen molar-refractivity contribution in [2.24, 2.45) is 11.8 Å². The van der Waals surface area contributed by atoms with Crippen molar-refractivity contribution in [1.82, 2.24) is 0 Å². The van der Waals surface area contributed by atoms with E-state index in [-0.39, 0.29) is 5.97 Å².